The van der Waals surface area contributed by atoms with Crippen molar-refractivity contribution >= 4 is 10.8 Å². The number of fused-ring (bicyclic) bond motifs is 1. The quantitative estimate of drug-likeness (QED) is 0.684. The molecule has 0 radical (unpaired) electrons. The Balaban J connectivity index is 1.53. The summed E-state index contributed by atoms with van der Waals surface area (Å²) >= 11 is 0. The van der Waals surface area contributed by atoms with Gasteiger partial charge < -0.3 is 4.90 Å². The monoisotopic (exact) mass is 341 g/mol. The van der Waals surface area contributed by atoms with Crippen molar-refractivity contribution in [3.8, 4) is 17.3 Å². The van der Waals surface area contributed by atoms with Gasteiger partial charge in [0.1, 0.15) is 0 Å². The molecule has 3 heteroatoms. The molecule has 0 bridgehead atoms. The second-order valence-corrected chi connectivity index (χ2v) is 7.22. The summed E-state index contributed by atoms with van der Waals surface area (Å²) in [7, 11) is 0. The lowest BCUT2D eigenvalue weighted by atomic mass is 10.0. The van der Waals surface area contributed by atoms with Crippen LogP contribution in [-0.4, -0.2) is 29.0 Å². The molecule has 0 amide bonds. The van der Waals surface area contributed by atoms with Crippen LogP contribution < -0.4 is 0 Å². The Morgan fingerprint density at radius 1 is 1.12 bits per heavy atom. The van der Waals surface area contributed by atoms with Gasteiger partial charge in [0.2, 0.25) is 0 Å². The standard InChI is InChI=1S/C23H23N3/c1-17-3-2-11-26(17)12-10-18-4-9-21-14-23(25-16-22(21)13-18)20-7-5-19(15-24)6-8-20/h4-9,13-14,16-17H,2-3,10-12H2,1H3/t17-/m1/s1. The van der Waals surface area contributed by atoms with E-state index in [0.29, 0.717) is 5.56 Å². The number of hydrogen-bond acceptors (Lipinski definition) is 3. The fraction of sp³-hybridized carbons (Fsp3) is 0.304. The summed E-state index contributed by atoms with van der Waals surface area (Å²) in [5.74, 6) is 0. The van der Waals surface area contributed by atoms with E-state index in [1.165, 1.54) is 35.7 Å². The zero-order valence-corrected chi connectivity index (χ0v) is 15.2. The van der Waals surface area contributed by atoms with Crippen molar-refractivity contribution in [3.63, 3.8) is 0 Å². The van der Waals surface area contributed by atoms with Gasteiger partial charge in [0.05, 0.1) is 17.3 Å². The molecule has 1 aromatic heterocycles. The predicted molar refractivity (Wildman–Crippen MR) is 106 cm³/mol. The van der Waals surface area contributed by atoms with Gasteiger partial charge in [0.15, 0.2) is 0 Å². The number of pyridine rings is 1. The van der Waals surface area contributed by atoms with Crippen LogP contribution >= 0.6 is 0 Å². The van der Waals surface area contributed by atoms with Crippen molar-refractivity contribution in [2.24, 2.45) is 0 Å². The van der Waals surface area contributed by atoms with E-state index in [-0.39, 0.29) is 0 Å². The summed E-state index contributed by atoms with van der Waals surface area (Å²) in [6, 6.07) is 19.3. The second-order valence-electron chi connectivity index (χ2n) is 7.22. The molecule has 1 fully saturated rings. The fourth-order valence-electron chi connectivity index (χ4n) is 3.82. The molecule has 4 rings (SSSR count). The Kier molecular flexibility index (Phi) is 4.69. The highest BCUT2D eigenvalue weighted by atomic mass is 15.2. The smallest absolute Gasteiger partial charge is 0.0991 e. The van der Waals surface area contributed by atoms with Crippen LogP contribution in [0.3, 0.4) is 0 Å². The van der Waals surface area contributed by atoms with Gasteiger partial charge in [-0.1, -0.05) is 24.3 Å². The Bertz CT molecular complexity index is 953. The van der Waals surface area contributed by atoms with Crippen LogP contribution in [0.25, 0.3) is 22.0 Å². The number of likely N-dealkylation sites (tertiary alicyclic amines) is 1. The van der Waals surface area contributed by atoms with Crippen molar-refractivity contribution in [1.29, 1.82) is 5.26 Å². The highest BCUT2D eigenvalue weighted by molar-refractivity contribution is 5.85. The normalized spacial score (nSPS) is 17.5. The maximum atomic E-state index is 8.93. The number of nitriles is 1. The van der Waals surface area contributed by atoms with Crippen LogP contribution in [0, 0.1) is 11.3 Å². The van der Waals surface area contributed by atoms with Crippen LogP contribution in [0.5, 0.6) is 0 Å². The lowest BCUT2D eigenvalue weighted by Gasteiger charge is -2.20. The number of nitrogens with zero attached hydrogens (tertiary/aromatic N) is 3. The van der Waals surface area contributed by atoms with Gasteiger partial charge >= 0.3 is 0 Å². The average molecular weight is 341 g/mol. The fourth-order valence-corrected chi connectivity index (χ4v) is 3.82. The molecule has 0 spiro atoms. The Morgan fingerprint density at radius 3 is 2.69 bits per heavy atom. The SMILES string of the molecule is C[C@@H]1CCCN1CCc1ccc2cc(-c3ccc(C#N)cc3)ncc2c1. The molecule has 130 valence electrons. The highest BCUT2D eigenvalue weighted by Crippen LogP contribution is 2.24. The molecule has 1 aliphatic rings. The first-order valence-electron chi connectivity index (χ1n) is 9.36. The maximum Gasteiger partial charge on any atom is 0.0991 e. The summed E-state index contributed by atoms with van der Waals surface area (Å²) in [5, 5.41) is 11.3. The molecule has 0 aliphatic carbocycles. The summed E-state index contributed by atoms with van der Waals surface area (Å²) in [6.45, 7) is 4.72. The maximum absolute atomic E-state index is 8.93. The molecular formula is C23H23N3. The second kappa shape index (κ2) is 7.27. The average Bonchev–Trinajstić information content (AvgIpc) is 3.10. The van der Waals surface area contributed by atoms with Crippen LogP contribution in [-0.2, 0) is 6.42 Å². The summed E-state index contributed by atoms with van der Waals surface area (Å²) in [4.78, 5) is 7.22. The largest absolute Gasteiger partial charge is 0.300 e. The third kappa shape index (κ3) is 3.47. The number of rotatable bonds is 4. The lowest BCUT2D eigenvalue weighted by molar-refractivity contribution is 0.272. The molecule has 2 heterocycles. The molecule has 2 aromatic carbocycles. The third-order valence-electron chi connectivity index (χ3n) is 5.47. The summed E-state index contributed by atoms with van der Waals surface area (Å²) in [5.41, 5.74) is 4.04. The zero-order chi connectivity index (χ0) is 17.9. The zero-order valence-electron chi connectivity index (χ0n) is 15.2. The minimum absolute atomic E-state index is 0.673. The van der Waals surface area contributed by atoms with Gasteiger partial charge in [0.25, 0.3) is 0 Å². The first kappa shape index (κ1) is 16.8. The van der Waals surface area contributed by atoms with E-state index in [4.69, 9.17) is 5.26 Å². The van der Waals surface area contributed by atoms with E-state index in [1.54, 1.807) is 0 Å². The van der Waals surface area contributed by atoms with Crippen LogP contribution in [0.2, 0.25) is 0 Å². The van der Waals surface area contributed by atoms with E-state index >= 15 is 0 Å². The van der Waals surface area contributed by atoms with Gasteiger partial charge in [-0.2, -0.15) is 5.26 Å². The van der Waals surface area contributed by atoms with Crippen molar-refractivity contribution in [1.82, 2.24) is 9.88 Å². The van der Waals surface area contributed by atoms with E-state index in [0.717, 1.165) is 30.3 Å². The van der Waals surface area contributed by atoms with Gasteiger partial charge in [-0.3, -0.25) is 4.98 Å². The lowest BCUT2D eigenvalue weighted by Crippen LogP contribution is -2.28. The first-order chi connectivity index (χ1) is 12.7. The van der Waals surface area contributed by atoms with E-state index in [1.807, 2.05) is 30.5 Å². The van der Waals surface area contributed by atoms with Gasteiger partial charge in [0, 0.05) is 29.7 Å². The Morgan fingerprint density at radius 2 is 1.96 bits per heavy atom. The number of hydrogen-bond donors (Lipinski definition) is 0. The number of aromatic nitrogens is 1. The van der Waals surface area contributed by atoms with E-state index in [9.17, 15) is 0 Å². The first-order valence-corrected chi connectivity index (χ1v) is 9.36. The van der Waals surface area contributed by atoms with E-state index in [2.05, 4.69) is 47.1 Å². The van der Waals surface area contributed by atoms with Crippen LogP contribution in [0.1, 0.15) is 30.9 Å². The minimum Gasteiger partial charge on any atom is -0.300 e. The molecule has 0 unspecified atom stereocenters. The molecule has 1 atom stereocenters. The topological polar surface area (TPSA) is 39.9 Å². The van der Waals surface area contributed by atoms with Crippen LogP contribution in [0.15, 0.2) is 54.7 Å². The van der Waals surface area contributed by atoms with Crippen molar-refractivity contribution in [2.45, 2.75) is 32.2 Å². The molecule has 0 saturated carbocycles. The van der Waals surface area contributed by atoms with Crippen molar-refractivity contribution in [3.05, 3.63) is 65.9 Å². The van der Waals surface area contributed by atoms with Gasteiger partial charge in [-0.25, -0.2) is 0 Å². The molecule has 3 aromatic rings. The molecule has 26 heavy (non-hydrogen) atoms. The van der Waals surface area contributed by atoms with Crippen molar-refractivity contribution in [2.75, 3.05) is 13.1 Å². The predicted octanol–water partition coefficient (Wildman–Crippen LogP) is 4.80. The molecule has 3 nitrogen and oxygen atoms in total. The molecule has 1 aliphatic heterocycles. The number of benzene rings is 2. The summed E-state index contributed by atoms with van der Waals surface area (Å²) in [6.07, 6.45) is 5.73. The summed E-state index contributed by atoms with van der Waals surface area (Å²) < 4.78 is 0. The van der Waals surface area contributed by atoms with Gasteiger partial charge in [-0.15, -0.1) is 0 Å². The van der Waals surface area contributed by atoms with E-state index < -0.39 is 0 Å². The Hall–Kier alpha value is -2.70. The Labute approximate surface area is 154 Å². The molecule has 1 saturated heterocycles. The van der Waals surface area contributed by atoms with Crippen molar-refractivity contribution < 1.29 is 0 Å². The minimum atomic E-state index is 0.673. The van der Waals surface area contributed by atoms with Crippen LogP contribution in [0.4, 0.5) is 0 Å². The van der Waals surface area contributed by atoms with Gasteiger partial charge in [-0.05, 0) is 67.9 Å². The highest BCUT2D eigenvalue weighted by Gasteiger charge is 2.19. The molecule has 0 N–H and O–H groups in total. The third-order valence-corrected chi connectivity index (χ3v) is 5.47. The molecular weight excluding hydrogens is 318 g/mol.